The van der Waals surface area contributed by atoms with Gasteiger partial charge in [-0.2, -0.15) is 12.7 Å². The number of fused-ring (bicyclic) bond motifs is 1. The molecule has 10 heteroatoms. The largest absolute Gasteiger partial charge is 0.493 e. The molecule has 0 atom stereocenters. The Kier molecular flexibility index (Phi) is 6.33. The van der Waals surface area contributed by atoms with Gasteiger partial charge in [0, 0.05) is 11.6 Å². The molecule has 0 aliphatic carbocycles. The number of anilines is 1. The number of hydrogen-bond acceptors (Lipinski definition) is 7. The first-order chi connectivity index (χ1) is 16.5. The molecule has 4 rings (SSSR count). The molecular formula is C25H25FN4O4S. The summed E-state index contributed by atoms with van der Waals surface area (Å²) in [6, 6.07) is 11.5. The summed E-state index contributed by atoms with van der Waals surface area (Å²) in [5, 5.41) is -0.352. The number of ether oxygens (including phenoxy) is 1. The van der Waals surface area contributed by atoms with Crippen LogP contribution >= 0.6 is 0 Å². The van der Waals surface area contributed by atoms with Crippen molar-refractivity contribution in [3.63, 3.8) is 0 Å². The predicted octanol–water partition coefficient (Wildman–Crippen LogP) is 4.50. The standard InChI is InChI=1S/C25H25FN4O4S/c1-14(2)13-34-18-11-16(10-17(26)12-18)20-9-8-19-23(28-20)24(15(3)4)30(25(19)31)35(32,33)22-7-5-6-21(27)29-22/h5-12,14H,13H2,1-4H3,(H2,27,29). The van der Waals surface area contributed by atoms with Gasteiger partial charge in [0.2, 0.25) is 0 Å². The molecule has 1 amide bonds. The number of sulfonamides is 1. The summed E-state index contributed by atoms with van der Waals surface area (Å²) < 4.78 is 47.5. The lowest BCUT2D eigenvalue weighted by molar-refractivity contribution is 0.0916. The minimum atomic E-state index is -4.36. The molecule has 0 spiro atoms. The molecule has 0 bridgehead atoms. The van der Waals surface area contributed by atoms with Crippen molar-refractivity contribution < 1.29 is 22.3 Å². The van der Waals surface area contributed by atoms with E-state index in [4.69, 9.17) is 10.5 Å². The van der Waals surface area contributed by atoms with Crippen LogP contribution in [0.4, 0.5) is 10.2 Å². The van der Waals surface area contributed by atoms with Gasteiger partial charge in [-0.15, -0.1) is 0 Å². The SMILES string of the molecule is CC(C)=C1c2nc(-c3cc(F)cc(OCC(C)C)c3)ccc2C(=O)N1S(=O)(=O)c1cccc(N)n1. The highest BCUT2D eigenvalue weighted by Gasteiger charge is 2.43. The minimum absolute atomic E-state index is 0.0102. The van der Waals surface area contributed by atoms with E-state index in [1.54, 1.807) is 26.0 Å². The highest BCUT2D eigenvalue weighted by Crippen LogP contribution is 2.39. The number of rotatable bonds is 6. The normalized spacial score (nSPS) is 13.4. The summed E-state index contributed by atoms with van der Waals surface area (Å²) in [6.45, 7) is 7.75. The van der Waals surface area contributed by atoms with Crippen molar-refractivity contribution in [3.05, 3.63) is 71.2 Å². The van der Waals surface area contributed by atoms with Crippen molar-refractivity contribution in [2.24, 2.45) is 5.92 Å². The maximum Gasteiger partial charge on any atom is 0.288 e. The first-order valence-corrected chi connectivity index (χ1v) is 12.4. The van der Waals surface area contributed by atoms with E-state index in [1.807, 2.05) is 13.8 Å². The molecule has 1 aromatic carbocycles. The van der Waals surface area contributed by atoms with Crippen LogP contribution < -0.4 is 10.5 Å². The highest BCUT2D eigenvalue weighted by atomic mass is 32.2. The molecule has 0 radical (unpaired) electrons. The molecule has 0 saturated carbocycles. The molecule has 1 aliphatic rings. The second-order valence-electron chi connectivity index (χ2n) is 8.80. The van der Waals surface area contributed by atoms with Gasteiger partial charge in [-0.25, -0.2) is 14.4 Å². The Labute approximate surface area is 203 Å². The third-order valence-corrected chi connectivity index (χ3v) is 6.80. The lowest BCUT2D eigenvalue weighted by Crippen LogP contribution is -2.31. The summed E-state index contributed by atoms with van der Waals surface area (Å²) in [4.78, 5) is 21.7. The molecular weight excluding hydrogens is 471 g/mol. The monoisotopic (exact) mass is 496 g/mol. The quantitative estimate of drug-likeness (QED) is 0.534. The molecule has 3 heterocycles. The lowest BCUT2D eigenvalue weighted by atomic mass is 10.1. The van der Waals surface area contributed by atoms with Crippen molar-refractivity contribution >= 4 is 27.4 Å². The van der Waals surface area contributed by atoms with Gasteiger partial charge in [-0.05, 0) is 61.7 Å². The Bertz CT molecular complexity index is 1460. The fraction of sp³-hybridized carbons (Fsp3) is 0.240. The molecule has 3 aromatic rings. The number of nitrogen functional groups attached to an aromatic ring is 1. The number of halogens is 1. The van der Waals surface area contributed by atoms with Gasteiger partial charge < -0.3 is 10.5 Å². The average molecular weight is 497 g/mol. The van der Waals surface area contributed by atoms with E-state index in [1.165, 1.54) is 36.4 Å². The van der Waals surface area contributed by atoms with Crippen molar-refractivity contribution in [2.45, 2.75) is 32.7 Å². The molecule has 1 aliphatic heterocycles. The van der Waals surface area contributed by atoms with Crippen molar-refractivity contribution in [2.75, 3.05) is 12.3 Å². The van der Waals surface area contributed by atoms with Gasteiger partial charge in [0.15, 0.2) is 5.03 Å². The number of amides is 1. The Hall–Kier alpha value is -3.79. The summed E-state index contributed by atoms with van der Waals surface area (Å²) >= 11 is 0. The fourth-order valence-corrected chi connectivity index (χ4v) is 5.16. The van der Waals surface area contributed by atoms with Crippen molar-refractivity contribution in [1.29, 1.82) is 0 Å². The zero-order valence-electron chi connectivity index (χ0n) is 19.7. The fourth-order valence-electron chi connectivity index (χ4n) is 3.67. The molecule has 182 valence electrons. The van der Waals surface area contributed by atoms with Gasteiger partial charge in [-0.1, -0.05) is 19.9 Å². The Balaban J connectivity index is 1.81. The molecule has 2 N–H and O–H groups in total. The maximum absolute atomic E-state index is 14.3. The molecule has 0 fully saturated rings. The van der Waals surface area contributed by atoms with Crippen LogP contribution in [0.5, 0.6) is 5.75 Å². The van der Waals surface area contributed by atoms with Crippen LogP contribution in [0.25, 0.3) is 17.0 Å². The van der Waals surface area contributed by atoms with E-state index in [0.29, 0.717) is 33.5 Å². The highest BCUT2D eigenvalue weighted by molar-refractivity contribution is 7.90. The Morgan fingerprint density at radius 3 is 2.51 bits per heavy atom. The number of hydrogen-bond donors (Lipinski definition) is 1. The van der Waals surface area contributed by atoms with Crippen LogP contribution in [0.15, 0.2) is 59.1 Å². The van der Waals surface area contributed by atoms with E-state index >= 15 is 0 Å². The zero-order chi connectivity index (χ0) is 25.5. The molecule has 35 heavy (non-hydrogen) atoms. The molecule has 0 saturated heterocycles. The van der Waals surface area contributed by atoms with Crippen LogP contribution in [-0.4, -0.2) is 35.2 Å². The molecule has 0 unspecified atom stereocenters. The van der Waals surface area contributed by atoms with Crippen LogP contribution in [0.2, 0.25) is 0 Å². The van der Waals surface area contributed by atoms with Gasteiger partial charge in [0.25, 0.3) is 15.9 Å². The summed E-state index contributed by atoms with van der Waals surface area (Å²) in [6.07, 6.45) is 0. The van der Waals surface area contributed by atoms with Crippen LogP contribution in [-0.2, 0) is 10.0 Å². The number of carbonyl (C=O) groups is 1. The van der Waals surface area contributed by atoms with Crippen LogP contribution in [0.1, 0.15) is 43.7 Å². The lowest BCUT2D eigenvalue weighted by Gasteiger charge is -2.19. The predicted molar refractivity (Wildman–Crippen MR) is 130 cm³/mol. The van der Waals surface area contributed by atoms with E-state index in [-0.39, 0.29) is 33.7 Å². The van der Waals surface area contributed by atoms with E-state index in [9.17, 15) is 17.6 Å². The van der Waals surface area contributed by atoms with Gasteiger partial charge in [0.05, 0.1) is 23.6 Å². The van der Waals surface area contributed by atoms with Gasteiger partial charge in [-0.3, -0.25) is 4.79 Å². The maximum atomic E-state index is 14.3. The smallest absolute Gasteiger partial charge is 0.288 e. The summed E-state index contributed by atoms with van der Waals surface area (Å²) in [5.41, 5.74) is 7.46. The van der Waals surface area contributed by atoms with E-state index < -0.39 is 21.7 Å². The summed E-state index contributed by atoms with van der Waals surface area (Å²) in [7, 11) is -4.36. The number of carbonyl (C=O) groups excluding carboxylic acids is 1. The number of aromatic nitrogens is 2. The number of nitrogens with zero attached hydrogens (tertiary/aromatic N) is 3. The van der Waals surface area contributed by atoms with Crippen molar-refractivity contribution in [1.82, 2.24) is 14.3 Å². The van der Waals surface area contributed by atoms with Crippen molar-refractivity contribution in [3.8, 4) is 17.0 Å². The number of allylic oxidation sites excluding steroid dienone is 1. The van der Waals surface area contributed by atoms with E-state index in [0.717, 1.165) is 0 Å². The second-order valence-corrected chi connectivity index (χ2v) is 10.5. The second kappa shape index (κ2) is 9.10. The zero-order valence-corrected chi connectivity index (χ0v) is 20.6. The first-order valence-electron chi connectivity index (χ1n) is 10.9. The number of benzene rings is 1. The van der Waals surface area contributed by atoms with Crippen LogP contribution in [0.3, 0.4) is 0 Å². The van der Waals surface area contributed by atoms with Crippen LogP contribution in [0, 0.1) is 11.7 Å². The van der Waals surface area contributed by atoms with Gasteiger partial charge in [0.1, 0.15) is 23.1 Å². The third kappa shape index (κ3) is 4.61. The minimum Gasteiger partial charge on any atom is -0.493 e. The Morgan fingerprint density at radius 1 is 1.11 bits per heavy atom. The Morgan fingerprint density at radius 2 is 1.86 bits per heavy atom. The number of nitrogens with two attached hydrogens (primary N) is 1. The molecule has 8 nitrogen and oxygen atoms in total. The van der Waals surface area contributed by atoms with Gasteiger partial charge >= 0.3 is 0 Å². The third-order valence-electron chi connectivity index (χ3n) is 5.21. The number of pyridine rings is 2. The average Bonchev–Trinajstić information content (AvgIpc) is 3.10. The molecule has 2 aromatic heterocycles. The summed E-state index contributed by atoms with van der Waals surface area (Å²) in [5.74, 6) is -0.630. The van der Waals surface area contributed by atoms with E-state index in [2.05, 4.69) is 9.97 Å². The first kappa shape index (κ1) is 24.3. The topological polar surface area (TPSA) is 115 Å².